The van der Waals surface area contributed by atoms with Crippen molar-refractivity contribution in [3.8, 4) is 0 Å². The number of nitrogens with one attached hydrogen (secondary N) is 2. The van der Waals surface area contributed by atoms with Crippen LogP contribution < -0.4 is 10.6 Å². The first-order valence-corrected chi connectivity index (χ1v) is 8.92. The van der Waals surface area contributed by atoms with Crippen LogP contribution in [0.15, 0.2) is 48.3 Å². The Kier molecular flexibility index (Phi) is 6.12. The summed E-state index contributed by atoms with van der Waals surface area (Å²) >= 11 is 0. The van der Waals surface area contributed by atoms with Crippen LogP contribution in [0, 0.1) is 0 Å². The van der Waals surface area contributed by atoms with E-state index < -0.39 is 0 Å². The van der Waals surface area contributed by atoms with E-state index in [1.807, 2.05) is 0 Å². The predicted molar refractivity (Wildman–Crippen MR) is 93.9 cm³/mol. The average molecular weight is 332 g/mol. The van der Waals surface area contributed by atoms with Gasteiger partial charge in [0.2, 0.25) is 0 Å². The topological polar surface area (TPSA) is 62.8 Å². The van der Waals surface area contributed by atoms with Gasteiger partial charge >= 0.3 is 0 Å². The molecule has 24 heavy (non-hydrogen) atoms. The quantitative estimate of drug-likeness (QED) is 0.668. The molecule has 0 aromatic heterocycles. The number of aliphatic hydroxyl groups is 1. The highest BCUT2D eigenvalue weighted by molar-refractivity contribution is 5.22. The maximum Gasteiger partial charge on any atom is 0.155 e. The molecule has 2 heterocycles. The minimum absolute atomic E-state index is 0.0531. The first-order valence-electron chi connectivity index (χ1n) is 8.92. The van der Waals surface area contributed by atoms with Crippen molar-refractivity contribution in [2.24, 2.45) is 0 Å². The molecular formula is C19H28N2O3. The maximum absolute atomic E-state index is 9.57. The molecule has 0 amide bonds. The zero-order valence-corrected chi connectivity index (χ0v) is 14.2. The van der Waals surface area contributed by atoms with Crippen molar-refractivity contribution in [2.45, 2.75) is 50.1 Å². The van der Waals surface area contributed by atoms with Gasteiger partial charge in [-0.1, -0.05) is 23.8 Å². The lowest BCUT2D eigenvalue weighted by atomic mass is 9.83. The molecule has 0 aromatic carbocycles. The van der Waals surface area contributed by atoms with Gasteiger partial charge in [-0.25, -0.2) is 0 Å². The van der Waals surface area contributed by atoms with E-state index in [0.717, 1.165) is 57.4 Å². The van der Waals surface area contributed by atoms with Gasteiger partial charge < -0.3 is 25.2 Å². The van der Waals surface area contributed by atoms with Crippen LogP contribution in [-0.2, 0) is 9.47 Å². The van der Waals surface area contributed by atoms with Gasteiger partial charge in [0.05, 0.1) is 6.04 Å². The molecule has 0 saturated carbocycles. The Bertz CT molecular complexity index is 525. The minimum Gasteiger partial charge on any atom is -0.466 e. The van der Waals surface area contributed by atoms with Crippen LogP contribution >= 0.6 is 0 Å². The average Bonchev–Trinajstić information content (AvgIpc) is 2.64. The standard InChI is InChI=1S/C19H28N2O3/c22-11-8-19(6-9-20-10-7-19)21-17(18-15-23-12-13-24-18)14-16-4-2-1-3-5-16/h1-2,4,12-13,15,17,20-22H,3,5-11,14H2. The molecule has 1 atom stereocenters. The first kappa shape index (κ1) is 17.3. The zero-order valence-electron chi connectivity index (χ0n) is 14.2. The summed E-state index contributed by atoms with van der Waals surface area (Å²) in [5.74, 6) is 0.809. The molecule has 3 rings (SSSR count). The van der Waals surface area contributed by atoms with Gasteiger partial charge in [0, 0.05) is 12.1 Å². The van der Waals surface area contributed by atoms with Gasteiger partial charge in [-0.3, -0.25) is 0 Å². The second-order valence-electron chi connectivity index (χ2n) is 6.74. The highest BCUT2D eigenvalue weighted by Crippen LogP contribution is 2.28. The van der Waals surface area contributed by atoms with Gasteiger partial charge in [-0.15, -0.1) is 0 Å². The molecule has 0 spiro atoms. The summed E-state index contributed by atoms with van der Waals surface area (Å²) < 4.78 is 11.0. The van der Waals surface area contributed by atoms with Crippen LogP contribution in [0.3, 0.4) is 0 Å². The molecule has 132 valence electrons. The SMILES string of the molecule is OCCC1(NC(CC2=CC=CCC2)C2=COC=CO2)CCNCC1. The third-order valence-electron chi connectivity index (χ3n) is 5.06. The lowest BCUT2D eigenvalue weighted by Gasteiger charge is -2.42. The molecule has 5 heteroatoms. The van der Waals surface area contributed by atoms with Crippen LogP contribution in [0.2, 0.25) is 0 Å². The minimum atomic E-state index is -0.0545. The van der Waals surface area contributed by atoms with Gasteiger partial charge in [0.15, 0.2) is 5.76 Å². The number of hydrogen-bond acceptors (Lipinski definition) is 5. The van der Waals surface area contributed by atoms with Gasteiger partial charge in [0.1, 0.15) is 18.8 Å². The molecule has 0 aromatic rings. The summed E-state index contributed by atoms with van der Waals surface area (Å²) in [7, 11) is 0. The summed E-state index contributed by atoms with van der Waals surface area (Å²) in [6.07, 6.45) is 17.2. The fourth-order valence-corrected chi connectivity index (χ4v) is 3.70. The van der Waals surface area contributed by atoms with E-state index in [0.29, 0.717) is 0 Å². The second kappa shape index (κ2) is 8.51. The number of rotatable bonds is 7. The molecule has 3 N–H and O–H groups in total. The number of aliphatic hydroxyl groups excluding tert-OH is 1. The van der Waals surface area contributed by atoms with Crippen LogP contribution in [0.25, 0.3) is 0 Å². The Morgan fingerprint density at radius 3 is 2.83 bits per heavy atom. The molecule has 1 aliphatic carbocycles. The van der Waals surface area contributed by atoms with Gasteiger partial charge in [-0.2, -0.15) is 0 Å². The van der Waals surface area contributed by atoms with Crippen molar-refractivity contribution in [3.05, 3.63) is 48.3 Å². The monoisotopic (exact) mass is 332 g/mol. The molecule has 1 unspecified atom stereocenters. The summed E-state index contributed by atoms with van der Waals surface area (Å²) in [6, 6.07) is 0.0531. The van der Waals surface area contributed by atoms with E-state index >= 15 is 0 Å². The predicted octanol–water partition coefficient (Wildman–Crippen LogP) is 2.48. The lowest BCUT2D eigenvalue weighted by molar-refractivity contribution is 0.142. The summed E-state index contributed by atoms with van der Waals surface area (Å²) in [5.41, 5.74) is 1.36. The fourth-order valence-electron chi connectivity index (χ4n) is 3.70. The number of allylic oxidation sites excluding steroid dienone is 3. The molecule has 5 nitrogen and oxygen atoms in total. The third kappa shape index (κ3) is 4.50. The highest BCUT2D eigenvalue weighted by atomic mass is 16.5. The van der Waals surface area contributed by atoms with Crippen LogP contribution in [0.4, 0.5) is 0 Å². The Balaban J connectivity index is 1.76. The van der Waals surface area contributed by atoms with E-state index in [1.165, 1.54) is 11.8 Å². The molecule has 1 fully saturated rings. The Morgan fingerprint density at radius 1 is 1.29 bits per heavy atom. The van der Waals surface area contributed by atoms with E-state index in [2.05, 4.69) is 28.9 Å². The lowest BCUT2D eigenvalue weighted by Crippen LogP contribution is -2.56. The van der Waals surface area contributed by atoms with Gasteiger partial charge in [-0.05, 0) is 51.6 Å². The third-order valence-corrected chi connectivity index (χ3v) is 5.06. The number of hydrogen-bond donors (Lipinski definition) is 3. The largest absolute Gasteiger partial charge is 0.466 e. The van der Waals surface area contributed by atoms with E-state index in [-0.39, 0.29) is 18.2 Å². The summed E-state index contributed by atoms with van der Waals surface area (Å²) in [6.45, 7) is 2.14. The van der Waals surface area contributed by atoms with E-state index in [4.69, 9.17) is 9.47 Å². The van der Waals surface area contributed by atoms with Crippen LogP contribution in [0.1, 0.15) is 38.5 Å². The first-order chi connectivity index (χ1) is 11.8. The molecule has 0 bridgehead atoms. The Hall–Kier alpha value is -1.56. The summed E-state index contributed by atoms with van der Waals surface area (Å²) in [5, 5.41) is 16.8. The molecule has 1 saturated heterocycles. The number of ether oxygens (including phenoxy) is 2. The van der Waals surface area contributed by atoms with Crippen molar-refractivity contribution in [1.29, 1.82) is 0 Å². The summed E-state index contributed by atoms with van der Waals surface area (Å²) in [4.78, 5) is 0. The molecule has 0 radical (unpaired) electrons. The van der Waals surface area contributed by atoms with Gasteiger partial charge in [0.25, 0.3) is 0 Å². The Morgan fingerprint density at radius 2 is 2.17 bits per heavy atom. The molecule has 2 aliphatic heterocycles. The zero-order chi connectivity index (χ0) is 16.7. The highest BCUT2D eigenvalue weighted by Gasteiger charge is 2.35. The van der Waals surface area contributed by atoms with Crippen molar-refractivity contribution in [2.75, 3.05) is 19.7 Å². The van der Waals surface area contributed by atoms with E-state index in [9.17, 15) is 5.11 Å². The van der Waals surface area contributed by atoms with Crippen LogP contribution in [-0.4, -0.2) is 36.4 Å². The van der Waals surface area contributed by atoms with E-state index in [1.54, 1.807) is 12.5 Å². The maximum atomic E-state index is 9.57. The molecular weight excluding hydrogens is 304 g/mol. The van der Waals surface area contributed by atoms with Crippen molar-refractivity contribution < 1.29 is 14.6 Å². The second-order valence-corrected chi connectivity index (χ2v) is 6.74. The smallest absolute Gasteiger partial charge is 0.155 e. The Labute approximate surface area is 144 Å². The molecule has 3 aliphatic rings. The van der Waals surface area contributed by atoms with Crippen molar-refractivity contribution >= 4 is 0 Å². The van der Waals surface area contributed by atoms with Crippen LogP contribution in [0.5, 0.6) is 0 Å². The number of piperidine rings is 1. The fraction of sp³-hybridized carbons (Fsp3) is 0.579. The normalized spacial score (nSPS) is 23.7. The van der Waals surface area contributed by atoms with Crippen molar-refractivity contribution in [3.63, 3.8) is 0 Å². The van der Waals surface area contributed by atoms with Crippen molar-refractivity contribution in [1.82, 2.24) is 10.6 Å².